The molecule has 4 heteroatoms. The molecule has 110 valence electrons. The van der Waals surface area contributed by atoms with Crippen LogP contribution in [0.2, 0.25) is 0 Å². The number of hydrogen-bond donors (Lipinski definition) is 0. The molecule has 0 saturated heterocycles. The number of hydrogen-bond acceptors (Lipinski definition) is 4. The van der Waals surface area contributed by atoms with Crippen LogP contribution in [0.1, 0.15) is 31.2 Å². The number of ether oxygens (including phenoxy) is 3. The van der Waals surface area contributed by atoms with Crippen molar-refractivity contribution >= 4 is 5.78 Å². The Labute approximate surface area is 120 Å². The molecule has 2 rings (SSSR count). The maximum atomic E-state index is 11.7. The maximum absolute atomic E-state index is 11.7. The van der Waals surface area contributed by atoms with Gasteiger partial charge in [0.15, 0.2) is 17.3 Å². The van der Waals surface area contributed by atoms with Crippen molar-refractivity contribution in [3.05, 3.63) is 23.8 Å². The molecule has 0 N–H and O–H groups in total. The molecule has 4 nitrogen and oxygen atoms in total. The first-order chi connectivity index (χ1) is 9.74. The molecule has 1 aromatic rings. The van der Waals surface area contributed by atoms with Gasteiger partial charge in [0, 0.05) is 6.42 Å². The van der Waals surface area contributed by atoms with Crippen LogP contribution in [0, 0.1) is 0 Å². The molecule has 0 aliphatic heterocycles. The van der Waals surface area contributed by atoms with E-state index in [4.69, 9.17) is 14.2 Å². The molecule has 1 aliphatic rings. The lowest BCUT2D eigenvalue weighted by Crippen LogP contribution is -2.28. The quantitative estimate of drug-likeness (QED) is 0.802. The molecule has 0 aromatic heterocycles. The molecule has 1 saturated carbocycles. The van der Waals surface area contributed by atoms with Gasteiger partial charge in [0.25, 0.3) is 0 Å². The Morgan fingerprint density at radius 1 is 1.15 bits per heavy atom. The van der Waals surface area contributed by atoms with E-state index in [0.29, 0.717) is 13.0 Å². The summed E-state index contributed by atoms with van der Waals surface area (Å²) in [6, 6.07) is 5.83. The lowest BCUT2D eigenvalue weighted by atomic mass is 9.96. The molecule has 0 amide bonds. The van der Waals surface area contributed by atoms with Crippen LogP contribution in [-0.2, 0) is 16.0 Å². The van der Waals surface area contributed by atoms with Crippen molar-refractivity contribution in [3.8, 4) is 11.5 Å². The highest BCUT2D eigenvalue weighted by atomic mass is 16.5. The van der Waals surface area contributed by atoms with Crippen LogP contribution in [0.3, 0.4) is 0 Å². The average molecular weight is 278 g/mol. The summed E-state index contributed by atoms with van der Waals surface area (Å²) in [7, 11) is 3.24. The summed E-state index contributed by atoms with van der Waals surface area (Å²) in [5, 5.41) is 0. The molecule has 1 fully saturated rings. The second-order valence-electron chi connectivity index (χ2n) is 5.01. The molecule has 1 atom stereocenters. The third-order valence-corrected chi connectivity index (χ3v) is 3.66. The summed E-state index contributed by atoms with van der Waals surface area (Å²) in [4.78, 5) is 11.7. The highest BCUT2D eigenvalue weighted by molar-refractivity contribution is 5.83. The Balaban J connectivity index is 1.86. The molecule has 1 unspecified atom stereocenters. The van der Waals surface area contributed by atoms with Crippen molar-refractivity contribution in [2.24, 2.45) is 0 Å². The minimum Gasteiger partial charge on any atom is -0.493 e. The predicted octanol–water partition coefficient (Wildman–Crippen LogP) is 2.77. The SMILES string of the molecule is COc1ccc(CCOC2CCCCC2=O)cc1OC. The maximum Gasteiger partial charge on any atom is 0.161 e. The Hall–Kier alpha value is -1.55. The summed E-state index contributed by atoms with van der Waals surface area (Å²) >= 11 is 0. The number of Topliss-reactive ketones (excluding diaryl/α,β-unsaturated/α-hetero) is 1. The van der Waals surface area contributed by atoms with E-state index in [1.54, 1.807) is 14.2 Å². The molecule has 0 heterocycles. The van der Waals surface area contributed by atoms with Gasteiger partial charge in [0.1, 0.15) is 6.10 Å². The van der Waals surface area contributed by atoms with Crippen LogP contribution >= 0.6 is 0 Å². The van der Waals surface area contributed by atoms with Crippen molar-refractivity contribution in [1.82, 2.24) is 0 Å². The van der Waals surface area contributed by atoms with Crippen molar-refractivity contribution in [3.63, 3.8) is 0 Å². The van der Waals surface area contributed by atoms with Gasteiger partial charge in [-0.2, -0.15) is 0 Å². The van der Waals surface area contributed by atoms with E-state index in [-0.39, 0.29) is 11.9 Å². The zero-order valence-corrected chi connectivity index (χ0v) is 12.2. The normalized spacial score (nSPS) is 18.9. The third-order valence-electron chi connectivity index (χ3n) is 3.66. The second-order valence-corrected chi connectivity index (χ2v) is 5.01. The van der Waals surface area contributed by atoms with Crippen LogP contribution in [0.15, 0.2) is 18.2 Å². The Bertz CT molecular complexity index is 456. The van der Waals surface area contributed by atoms with Crippen molar-refractivity contribution in [1.29, 1.82) is 0 Å². The number of benzene rings is 1. The molecule has 20 heavy (non-hydrogen) atoms. The van der Waals surface area contributed by atoms with Gasteiger partial charge in [-0.05, 0) is 43.4 Å². The van der Waals surface area contributed by atoms with Gasteiger partial charge in [0.05, 0.1) is 20.8 Å². The fourth-order valence-electron chi connectivity index (χ4n) is 2.48. The smallest absolute Gasteiger partial charge is 0.161 e. The molecule has 0 radical (unpaired) electrons. The van der Waals surface area contributed by atoms with Crippen LogP contribution in [0.25, 0.3) is 0 Å². The van der Waals surface area contributed by atoms with Gasteiger partial charge in [-0.25, -0.2) is 0 Å². The minimum atomic E-state index is -0.191. The number of methoxy groups -OCH3 is 2. The van der Waals surface area contributed by atoms with Crippen LogP contribution in [0.5, 0.6) is 11.5 Å². The lowest BCUT2D eigenvalue weighted by Gasteiger charge is -2.20. The largest absolute Gasteiger partial charge is 0.493 e. The van der Waals surface area contributed by atoms with E-state index in [0.717, 1.165) is 42.7 Å². The number of carbonyl (C=O) groups excluding carboxylic acids is 1. The van der Waals surface area contributed by atoms with E-state index in [2.05, 4.69) is 0 Å². The summed E-state index contributed by atoms with van der Waals surface area (Å²) in [6.45, 7) is 0.561. The van der Waals surface area contributed by atoms with Crippen LogP contribution < -0.4 is 9.47 Å². The fourth-order valence-corrected chi connectivity index (χ4v) is 2.48. The van der Waals surface area contributed by atoms with Crippen LogP contribution in [-0.4, -0.2) is 32.7 Å². The van der Waals surface area contributed by atoms with Gasteiger partial charge in [-0.3, -0.25) is 4.79 Å². The van der Waals surface area contributed by atoms with Crippen molar-refractivity contribution < 1.29 is 19.0 Å². The molecule has 0 spiro atoms. The third kappa shape index (κ3) is 3.73. The number of rotatable bonds is 6. The summed E-state index contributed by atoms with van der Waals surface area (Å²) < 4.78 is 16.2. The van der Waals surface area contributed by atoms with Gasteiger partial charge in [-0.15, -0.1) is 0 Å². The van der Waals surface area contributed by atoms with Crippen molar-refractivity contribution in [2.45, 2.75) is 38.2 Å². The van der Waals surface area contributed by atoms with E-state index in [9.17, 15) is 4.79 Å². The molecule has 1 aromatic carbocycles. The van der Waals surface area contributed by atoms with Crippen LogP contribution in [0.4, 0.5) is 0 Å². The molecule has 0 bridgehead atoms. The summed E-state index contributed by atoms with van der Waals surface area (Å²) in [6.07, 6.45) is 4.21. The van der Waals surface area contributed by atoms with E-state index in [1.807, 2.05) is 18.2 Å². The lowest BCUT2D eigenvalue weighted by molar-refractivity contribution is -0.133. The average Bonchev–Trinajstić information content (AvgIpc) is 2.49. The highest BCUT2D eigenvalue weighted by Crippen LogP contribution is 2.27. The first kappa shape index (κ1) is 14.9. The summed E-state index contributed by atoms with van der Waals surface area (Å²) in [5.41, 5.74) is 1.12. The predicted molar refractivity (Wildman–Crippen MR) is 76.5 cm³/mol. The van der Waals surface area contributed by atoms with E-state index < -0.39 is 0 Å². The van der Waals surface area contributed by atoms with Gasteiger partial charge in [0.2, 0.25) is 0 Å². The van der Waals surface area contributed by atoms with Gasteiger partial charge < -0.3 is 14.2 Å². The zero-order valence-electron chi connectivity index (χ0n) is 12.2. The first-order valence-corrected chi connectivity index (χ1v) is 7.10. The van der Waals surface area contributed by atoms with Crippen molar-refractivity contribution in [2.75, 3.05) is 20.8 Å². The van der Waals surface area contributed by atoms with Gasteiger partial charge in [-0.1, -0.05) is 6.07 Å². The Kier molecular flexibility index (Phi) is 5.41. The highest BCUT2D eigenvalue weighted by Gasteiger charge is 2.22. The standard InChI is InChI=1S/C16H22O4/c1-18-15-8-7-12(11-16(15)19-2)9-10-20-14-6-4-3-5-13(14)17/h7-8,11,14H,3-6,9-10H2,1-2H3. The second kappa shape index (κ2) is 7.29. The molecular weight excluding hydrogens is 256 g/mol. The van der Waals surface area contributed by atoms with E-state index >= 15 is 0 Å². The zero-order chi connectivity index (χ0) is 14.4. The first-order valence-electron chi connectivity index (χ1n) is 7.10. The van der Waals surface area contributed by atoms with E-state index in [1.165, 1.54) is 0 Å². The topological polar surface area (TPSA) is 44.8 Å². The van der Waals surface area contributed by atoms with Gasteiger partial charge >= 0.3 is 0 Å². The minimum absolute atomic E-state index is 0.191. The monoisotopic (exact) mass is 278 g/mol. The Morgan fingerprint density at radius 2 is 1.95 bits per heavy atom. The Morgan fingerprint density at radius 3 is 2.65 bits per heavy atom. The molecular formula is C16H22O4. The fraction of sp³-hybridized carbons (Fsp3) is 0.562. The molecule has 1 aliphatic carbocycles. The number of ketones is 1. The summed E-state index contributed by atoms with van der Waals surface area (Å²) in [5.74, 6) is 1.70. The number of carbonyl (C=O) groups is 1.